The standard InChI is InChI=1S/C6H5BrO3/c1-4(8)10-6-2-5(7)3-9-6/h2-3H,1H3. The summed E-state index contributed by atoms with van der Waals surface area (Å²) in [7, 11) is 0. The average Bonchev–Trinajstić information content (AvgIpc) is 2.13. The zero-order valence-corrected chi connectivity index (χ0v) is 6.84. The first-order valence-electron chi connectivity index (χ1n) is 2.61. The van der Waals surface area contributed by atoms with Gasteiger partial charge in [-0.15, -0.1) is 0 Å². The van der Waals surface area contributed by atoms with Gasteiger partial charge in [0.15, 0.2) is 0 Å². The van der Waals surface area contributed by atoms with Gasteiger partial charge in [0, 0.05) is 13.0 Å². The van der Waals surface area contributed by atoms with Gasteiger partial charge in [-0.05, 0) is 15.9 Å². The van der Waals surface area contributed by atoms with Gasteiger partial charge >= 0.3 is 5.97 Å². The molecule has 0 aromatic carbocycles. The topological polar surface area (TPSA) is 39.4 Å². The van der Waals surface area contributed by atoms with Gasteiger partial charge in [-0.1, -0.05) is 0 Å². The molecule has 0 saturated carbocycles. The molecular weight excluding hydrogens is 200 g/mol. The summed E-state index contributed by atoms with van der Waals surface area (Å²) in [4.78, 5) is 10.3. The van der Waals surface area contributed by atoms with Crippen molar-refractivity contribution >= 4 is 21.9 Å². The van der Waals surface area contributed by atoms with E-state index in [9.17, 15) is 4.79 Å². The van der Waals surface area contributed by atoms with E-state index in [1.165, 1.54) is 13.2 Å². The molecule has 0 N–H and O–H groups in total. The Bertz CT molecular complexity index is 241. The molecule has 10 heavy (non-hydrogen) atoms. The first kappa shape index (κ1) is 7.34. The minimum absolute atomic E-state index is 0.208. The predicted molar refractivity (Wildman–Crippen MR) is 37.7 cm³/mol. The number of hydrogen-bond donors (Lipinski definition) is 0. The van der Waals surface area contributed by atoms with Crippen molar-refractivity contribution in [3.8, 4) is 5.95 Å². The molecule has 4 heteroatoms. The predicted octanol–water partition coefficient (Wildman–Crippen LogP) is 1.97. The van der Waals surface area contributed by atoms with Crippen LogP contribution >= 0.6 is 15.9 Å². The molecule has 0 radical (unpaired) electrons. The Morgan fingerprint density at radius 2 is 2.50 bits per heavy atom. The van der Waals surface area contributed by atoms with Gasteiger partial charge in [-0.2, -0.15) is 0 Å². The third-order valence-corrected chi connectivity index (χ3v) is 1.20. The molecule has 54 valence electrons. The molecule has 1 aromatic heterocycles. The van der Waals surface area contributed by atoms with Crippen LogP contribution in [0, 0.1) is 0 Å². The van der Waals surface area contributed by atoms with E-state index in [1.807, 2.05) is 0 Å². The first-order valence-corrected chi connectivity index (χ1v) is 3.40. The number of rotatable bonds is 1. The molecule has 0 saturated heterocycles. The van der Waals surface area contributed by atoms with Gasteiger partial charge in [0.25, 0.3) is 5.95 Å². The highest BCUT2D eigenvalue weighted by Gasteiger charge is 2.01. The smallest absolute Gasteiger partial charge is 0.310 e. The maximum Gasteiger partial charge on any atom is 0.310 e. The summed E-state index contributed by atoms with van der Waals surface area (Å²) in [5.74, 6) is -0.179. The molecule has 0 aliphatic heterocycles. The molecule has 0 atom stereocenters. The zero-order valence-electron chi connectivity index (χ0n) is 5.26. The minimum atomic E-state index is -0.387. The lowest BCUT2D eigenvalue weighted by atomic mass is 10.6. The highest BCUT2D eigenvalue weighted by atomic mass is 79.9. The van der Waals surface area contributed by atoms with Crippen molar-refractivity contribution in [1.82, 2.24) is 0 Å². The van der Waals surface area contributed by atoms with Crippen LogP contribution < -0.4 is 4.74 Å². The molecule has 0 aliphatic rings. The Morgan fingerprint density at radius 1 is 1.80 bits per heavy atom. The van der Waals surface area contributed by atoms with E-state index in [0.717, 1.165) is 4.47 Å². The highest BCUT2D eigenvalue weighted by molar-refractivity contribution is 9.10. The quantitative estimate of drug-likeness (QED) is 0.658. The summed E-state index contributed by atoms with van der Waals surface area (Å²) in [5.41, 5.74) is 0. The van der Waals surface area contributed by atoms with Crippen LogP contribution in [0.15, 0.2) is 21.2 Å². The molecule has 3 nitrogen and oxygen atoms in total. The van der Waals surface area contributed by atoms with Crippen molar-refractivity contribution in [2.75, 3.05) is 0 Å². The zero-order chi connectivity index (χ0) is 7.56. The summed E-state index contributed by atoms with van der Waals surface area (Å²) in [6.45, 7) is 1.32. The molecule has 0 aliphatic carbocycles. The normalized spacial score (nSPS) is 9.40. The van der Waals surface area contributed by atoms with Crippen LogP contribution in [0.1, 0.15) is 6.92 Å². The maximum atomic E-state index is 10.3. The van der Waals surface area contributed by atoms with Crippen LogP contribution in [0.4, 0.5) is 0 Å². The monoisotopic (exact) mass is 204 g/mol. The van der Waals surface area contributed by atoms with Crippen molar-refractivity contribution < 1.29 is 13.9 Å². The third-order valence-electron chi connectivity index (χ3n) is 0.788. The van der Waals surface area contributed by atoms with Crippen LogP contribution in [-0.4, -0.2) is 5.97 Å². The van der Waals surface area contributed by atoms with E-state index in [1.54, 1.807) is 6.07 Å². The fraction of sp³-hybridized carbons (Fsp3) is 0.167. The third kappa shape index (κ3) is 1.88. The molecular formula is C6H5BrO3. The van der Waals surface area contributed by atoms with Crippen molar-refractivity contribution in [2.45, 2.75) is 6.92 Å². The van der Waals surface area contributed by atoms with Crippen LogP contribution in [0.5, 0.6) is 5.95 Å². The van der Waals surface area contributed by atoms with Crippen molar-refractivity contribution in [3.63, 3.8) is 0 Å². The van der Waals surface area contributed by atoms with Crippen molar-refractivity contribution in [2.24, 2.45) is 0 Å². The van der Waals surface area contributed by atoms with Gasteiger partial charge in [0.1, 0.15) is 6.26 Å². The molecule has 0 amide bonds. The summed E-state index contributed by atoms with van der Waals surface area (Å²) < 4.78 is 10.1. The Morgan fingerprint density at radius 3 is 2.90 bits per heavy atom. The Hall–Kier alpha value is -0.770. The summed E-state index contributed by atoms with van der Waals surface area (Å²) >= 11 is 3.14. The second kappa shape index (κ2) is 2.88. The number of furan rings is 1. The minimum Gasteiger partial charge on any atom is -0.433 e. The number of halogens is 1. The molecule has 1 heterocycles. The van der Waals surface area contributed by atoms with Crippen LogP contribution in [-0.2, 0) is 4.79 Å². The molecule has 0 bridgehead atoms. The number of carbonyl (C=O) groups excluding carboxylic acids is 1. The van der Waals surface area contributed by atoms with E-state index in [0.29, 0.717) is 0 Å². The molecule has 1 aromatic rings. The lowest BCUT2D eigenvalue weighted by Crippen LogP contribution is -1.99. The molecule has 0 spiro atoms. The van der Waals surface area contributed by atoms with Gasteiger partial charge < -0.3 is 9.15 Å². The van der Waals surface area contributed by atoms with Crippen LogP contribution in [0.3, 0.4) is 0 Å². The van der Waals surface area contributed by atoms with Crippen molar-refractivity contribution in [3.05, 3.63) is 16.8 Å². The van der Waals surface area contributed by atoms with Gasteiger partial charge in [0.2, 0.25) is 0 Å². The van der Waals surface area contributed by atoms with E-state index < -0.39 is 0 Å². The number of carbonyl (C=O) groups is 1. The van der Waals surface area contributed by atoms with E-state index in [-0.39, 0.29) is 11.9 Å². The Kier molecular flexibility index (Phi) is 2.11. The fourth-order valence-electron chi connectivity index (χ4n) is 0.490. The average molecular weight is 205 g/mol. The maximum absolute atomic E-state index is 10.3. The SMILES string of the molecule is CC(=O)Oc1cc(Br)co1. The largest absolute Gasteiger partial charge is 0.433 e. The lowest BCUT2D eigenvalue weighted by molar-refractivity contribution is -0.133. The van der Waals surface area contributed by atoms with Gasteiger partial charge in [-0.25, -0.2) is 0 Å². The first-order chi connectivity index (χ1) is 4.68. The Labute approximate surface area is 66.1 Å². The number of esters is 1. The van der Waals surface area contributed by atoms with Crippen molar-refractivity contribution in [1.29, 1.82) is 0 Å². The summed E-state index contributed by atoms with van der Waals surface area (Å²) in [6.07, 6.45) is 1.44. The molecule has 0 fully saturated rings. The fourth-order valence-corrected chi connectivity index (χ4v) is 0.771. The number of ether oxygens (including phenoxy) is 1. The summed E-state index contributed by atoms with van der Waals surface area (Å²) in [5, 5.41) is 0. The molecule has 1 rings (SSSR count). The van der Waals surface area contributed by atoms with Crippen LogP contribution in [0.2, 0.25) is 0 Å². The second-order valence-corrected chi connectivity index (χ2v) is 2.59. The highest BCUT2D eigenvalue weighted by Crippen LogP contribution is 2.20. The molecule has 0 unspecified atom stereocenters. The number of hydrogen-bond acceptors (Lipinski definition) is 3. The van der Waals surface area contributed by atoms with E-state index in [4.69, 9.17) is 4.42 Å². The Balaban J connectivity index is 2.67. The van der Waals surface area contributed by atoms with E-state index in [2.05, 4.69) is 20.7 Å². The van der Waals surface area contributed by atoms with E-state index >= 15 is 0 Å². The van der Waals surface area contributed by atoms with Gasteiger partial charge in [0.05, 0.1) is 4.47 Å². The second-order valence-electron chi connectivity index (χ2n) is 1.68. The summed E-state index contributed by atoms with van der Waals surface area (Å²) in [6, 6.07) is 1.57. The van der Waals surface area contributed by atoms with Crippen LogP contribution in [0.25, 0.3) is 0 Å². The van der Waals surface area contributed by atoms with Gasteiger partial charge in [-0.3, -0.25) is 4.79 Å². The lowest BCUT2D eigenvalue weighted by Gasteiger charge is -1.90.